The largest absolute Gasteiger partial charge is 0.465 e. The fourth-order valence-corrected chi connectivity index (χ4v) is 3.09. The number of pyridine rings is 1. The van der Waals surface area contributed by atoms with Crippen LogP contribution in [-0.2, 0) is 27.3 Å². The SMILES string of the molecule is COC(=O)c1cccc(COC(=O)Cc2csc(-c3cccnc3)n2)c1. The predicted molar refractivity (Wildman–Crippen MR) is 96.6 cm³/mol. The van der Waals surface area contributed by atoms with Gasteiger partial charge in [0.05, 0.1) is 24.8 Å². The lowest BCUT2D eigenvalue weighted by Gasteiger charge is -2.05. The van der Waals surface area contributed by atoms with Crippen LogP contribution in [0.4, 0.5) is 0 Å². The number of thiazole rings is 1. The maximum Gasteiger partial charge on any atom is 0.337 e. The molecule has 0 aliphatic rings. The highest BCUT2D eigenvalue weighted by molar-refractivity contribution is 7.13. The summed E-state index contributed by atoms with van der Waals surface area (Å²) in [6.45, 7) is 0.0866. The minimum Gasteiger partial charge on any atom is -0.465 e. The highest BCUT2D eigenvalue weighted by Gasteiger charge is 2.11. The predicted octanol–water partition coefficient (Wildman–Crippen LogP) is 3.28. The summed E-state index contributed by atoms with van der Waals surface area (Å²) in [4.78, 5) is 32.1. The van der Waals surface area contributed by atoms with Gasteiger partial charge in [-0.1, -0.05) is 12.1 Å². The zero-order valence-corrected chi connectivity index (χ0v) is 14.9. The van der Waals surface area contributed by atoms with Crippen LogP contribution in [0.5, 0.6) is 0 Å². The zero-order chi connectivity index (χ0) is 18.4. The number of aromatic nitrogens is 2. The molecule has 0 spiro atoms. The highest BCUT2D eigenvalue weighted by atomic mass is 32.1. The Morgan fingerprint density at radius 3 is 2.85 bits per heavy atom. The van der Waals surface area contributed by atoms with Gasteiger partial charge in [0, 0.05) is 23.3 Å². The third-order valence-corrected chi connectivity index (χ3v) is 4.47. The molecule has 2 aromatic heterocycles. The second-order valence-corrected chi connectivity index (χ2v) is 6.27. The van der Waals surface area contributed by atoms with Gasteiger partial charge in [0.2, 0.25) is 0 Å². The van der Waals surface area contributed by atoms with Crippen LogP contribution in [0, 0.1) is 0 Å². The van der Waals surface area contributed by atoms with Crippen LogP contribution in [0.3, 0.4) is 0 Å². The molecule has 0 saturated carbocycles. The number of rotatable bonds is 6. The number of benzene rings is 1. The maximum absolute atomic E-state index is 12.0. The Balaban J connectivity index is 1.57. The van der Waals surface area contributed by atoms with E-state index in [1.54, 1.807) is 36.7 Å². The van der Waals surface area contributed by atoms with Crippen molar-refractivity contribution in [2.75, 3.05) is 7.11 Å². The van der Waals surface area contributed by atoms with Gasteiger partial charge in [0.25, 0.3) is 0 Å². The van der Waals surface area contributed by atoms with Crippen molar-refractivity contribution in [3.05, 3.63) is 71.0 Å². The first-order chi connectivity index (χ1) is 12.7. The van der Waals surface area contributed by atoms with Crippen molar-refractivity contribution in [3.8, 4) is 10.6 Å². The number of nitrogens with zero attached hydrogens (tertiary/aromatic N) is 2. The smallest absolute Gasteiger partial charge is 0.337 e. The molecule has 1 aromatic carbocycles. The summed E-state index contributed by atoms with van der Waals surface area (Å²) in [6, 6.07) is 10.5. The molecule has 0 radical (unpaired) electrons. The first kappa shape index (κ1) is 17.8. The molecule has 0 N–H and O–H groups in total. The molecule has 0 saturated heterocycles. The van der Waals surface area contributed by atoms with Gasteiger partial charge in [-0.3, -0.25) is 9.78 Å². The summed E-state index contributed by atoms with van der Waals surface area (Å²) in [6.07, 6.45) is 3.52. The van der Waals surface area contributed by atoms with Crippen LogP contribution in [0.1, 0.15) is 21.6 Å². The Morgan fingerprint density at radius 1 is 1.19 bits per heavy atom. The fraction of sp³-hybridized carbons (Fsp3) is 0.158. The third-order valence-electron chi connectivity index (χ3n) is 3.53. The molecule has 0 fully saturated rings. The van der Waals surface area contributed by atoms with Crippen molar-refractivity contribution >= 4 is 23.3 Å². The van der Waals surface area contributed by atoms with E-state index in [-0.39, 0.29) is 19.0 Å². The molecule has 26 heavy (non-hydrogen) atoms. The molecule has 0 aliphatic heterocycles. The van der Waals surface area contributed by atoms with E-state index in [4.69, 9.17) is 4.74 Å². The van der Waals surface area contributed by atoms with E-state index >= 15 is 0 Å². The summed E-state index contributed by atoms with van der Waals surface area (Å²) < 4.78 is 9.95. The number of esters is 2. The van der Waals surface area contributed by atoms with Gasteiger partial charge in [-0.25, -0.2) is 9.78 Å². The molecule has 132 valence electrons. The standard InChI is InChI=1S/C19H16N2O4S/c1-24-19(23)14-5-2-4-13(8-14)11-25-17(22)9-16-12-26-18(21-16)15-6-3-7-20-10-15/h2-8,10,12H,9,11H2,1H3. The lowest BCUT2D eigenvalue weighted by atomic mass is 10.1. The van der Waals surface area contributed by atoms with E-state index in [2.05, 4.69) is 14.7 Å². The monoisotopic (exact) mass is 368 g/mol. The lowest BCUT2D eigenvalue weighted by molar-refractivity contribution is -0.144. The van der Waals surface area contributed by atoms with E-state index in [0.29, 0.717) is 11.3 Å². The Bertz CT molecular complexity index is 909. The molecule has 0 bridgehead atoms. The Morgan fingerprint density at radius 2 is 2.08 bits per heavy atom. The molecule has 0 unspecified atom stereocenters. The van der Waals surface area contributed by atoms with Crippen molar-refractivity contribution in [2.45, 2.75) is 13.0 Å². The summed E-state index contributed by atoms with van der Waals surface area (Å²) in [5.41, 5.74) is 2.70. The van der Waals surface area contributed by atoms with Gasteiger partial charge in [0.1, 0.15) is 11.6 Å². The molecule has 3 rings (SSSR count). The Kier molecular flexibility index (Phi) is 5.70. The molecule has 0 aliphatic carbocycles. The van der Waals surface area contributed by atoms with Crippen molar-refractivity contribution in [1.82, 2.24) is 9.97 Å². The van der Waals surface area contributed by atoms with Gasteiger partial charge in [0.15, 0.2) is 0 Å². The second-order valence-electron chi connectivity index (χ2n) is 5.42. The number of carbonyl (C=O) groups excluding carboxylic acids is 2. The Hall–Kier alpha value is -3.06. The summed E-state index contributed by atoms with van der Waals surface area (Å²) in [5.74, 6) is -0.805. The lowest BCUT2D eigenvalue weighted by Crippen LogP contribution is -2.09. The quantitative estimate of drug-likeness (QED) is 0.621. The highest BCUT2D eigenvalue weighted by Crippen LogP contribution is 2.23. The van der Waals surface area contributed by atoms with E-state index < -0.39 is 5.97 Å². The van der Waals surface area contributed by atoms with E-state index in [9.17, 15) is 9.59 Å². The zero-order valence-electron chi connectivity index (χ0n) is 14.0. The van der Waals surface area contributed by atoms with Gasteiger partial charge in [-0.05, 0) is 29.8 Å². The molecular weight excluding hydrogens is 352 g/mol. The van der Waals surface area contributed by atoms with Gasteiger partial charge >= 0.3 is 11.9 Å². The van der Waals surface area contributed by atoms with Crippen molar-refractivity contribution in [2.24, 2.45) is 0 Å². The molecule has 6 nitrogen and oxygen atoms in total. The van der Waals surface area contributed by atoms with Crippen LogP contribution < -0.4 is 0 Å². The second kappa shape index (κ2) is 8.35. The van der Waals surface area contributed by atoms with Crippen LogP contribution in [0.15, 0.2) is 54.2 Å². The summed E-state index contributed by atoms with van der Waals surface area (Å²) in [7, 11) is 1.32. The average molecular weight is 368 g/mol. The van der Waals surface area contributed by atoms with E-state index in [1.165, 1.54) is 18.4 Å². The van der Waals surface area contributed by atoms with Crippen LogP contribution >= 0.6 is 11.3 Å². The van der Waals surface area contributed by atoms with Crippen LogP contribution in [-0.4, -0.2) is 29.0 Å². The molecule has 7 heteroatoms. The molecular formula is C19H16N2O4S. The van der Waals surface area contributed by atoms with Gasteiger partial charge in [-0.15, -0.1) is 11.3 Å². The summed E-state index contributed by atoms with van der Waals surface area (Å²) in [5, 5.41) is 2.65. The first-order valence-corrected chi connectivity index (χ1v) is 8.71. The van der Waals surface area contributed by atoms with Crippen LogP contribution in [0.25, 0.3) is 10.6 Å². The number of hydrogen-bond donors (Lipinski definition) is 0. The molecule has 3 aromatic rings. The normalized spacial score (nSPS) is 10.3. The average Bonchev–Trinajstić information content (AvgIpc) is 3.15. The topological polar surface area (TPSA) is 78.4 Å². The molecule has 0 amide bonds. The summed E-state index contributed by atoms with van der Waals surface area (Å²) >= 11 is 1.46. The van der Waals surface area contributed by atoms with Crippen molar-refractivity contribution in [1.29, 1.82) is 0 Å². The van der Waals surface area contributed by atoms with Gasteiger partial charge in [-0.2, -0.15) is 0 Å². The number of methoxy groups -OCH3 is 1. The van der Waals surface area contributed by atoms with E-state index in [0.717, 1.165) is 16.1 Å². The number of ether oxygens (including phenoxy) is 2. The first-order valence-electron chi connectivity index (χ1n) is 7.83. The molecule has 2 heterocycles. The number of carbonyl (C=O) groups is 2. The van der Waals surface area contributed by atoms with Crippen molar-refractivity contribution < 1.29 is 19.1 Å². The van der Waals surface area contributed by atoms with E-state index in [1.807, 2.05) is 17.5 Å². The Labute approximate surface area is 154 Å². The minimum absolute atomic E-state index is 0.0866. The maximum atomic E-state index is 12.0. The van der Waals surface area contributed by atoms with Gasteiger partial charge < -0.3 is 9.47 Å². The number of hydrogen-bond acceptors (Lipinski definition) is 7. The van der Waals surface area contributed by atoms with Crippen molar-refractivity contribution in [3.63, 3.8) is 0 Å². The third kappa shape index (κ3) is 4.52. The fourth-order valence-electron chi connectivity index (χ4n) is 2.28. The molecule has 0 atom stereocenters. The van der Waals surface area contributed by atoms with Crippen LogP contribution in [0.2, 0.25) is 0 Å². The minimum atomic E-state index is -0.427.